The molecular weight excluding hydrogens is 655 g/mol. The fourth-order valence-electron chi connectivity index (χ4n) is 9.73. The molecule has 0 saturated heterocycles. The van der Waals surface area contributed by atoms with Gasteiger partial charge in [-0.1, -0.05) is 170 Å². The Morgan fingerprint density at radius 2 is 0.833 bits per heavy atom. The molecule has 10 aromatic rings. The molecule has 0 atom stereocenters. The van der Waals surface area contributed by atoms with E-state index in [1.165, 1.54) is 66.1 Å². The van der Waals surface area contributed by atoms with Gasteiger partial charge in [0.05, 0.1) is 27.8 Å². The highest BCUT2D eigenvalue weighted by Crippen LogP contribution is 2.62. The van der Waals surface area contributed by atoms with Gasteiger partial charge in [0.2, 0.25) is 5.95 Å². The topological polar surface area (TPSA) is 30.7 Å². The molecule has 0 N–H and O–H groups in total. The monoisotopic (exact) mass is 685 g/mol. The lowest BCUT2D eigenvalue weighted by atomic mass is 9.61. The van der Waals surface area contributed by atoms with Crippen LogP contribution in [0.2, 0.25) is 0 Å². The van der Waals surface area contributed by atoms with Crippen molar-refractivity contribution >= 4 is 32.6 Å². The number of aromatic nitrogens is 3. The summed E-state index contributed by atoms with van der Waals surface area (Å²) in [5, 5.41) is 4.96. The van der Waals surface area contributed by atoms with Gasteiger partial charge in [0.1, 0.15) is 0 Å². The average Bonchev–Trinajstić information content (AvgIpc) is 3.74. The highest BCUT2D eigenvalue weighted by atomic mass is 15.2. The summed E-state index contributed by atoms with van der Waals surface area (Å²) in [4.78, 5) is 10.7. The van der Waals surface area contributed by atoms with E-state index in [0.29, 0.717) is 5.95 Å². The second-order valence-corrected chi connectivity index (χ2v) is 14.5. The molecule has 250 valence electrons. The van der Waals surface area contributed by atoms with Gasteiger partial charge in [-0.15, -0.1) is 0 Å². The third-order valence-electron chi connectivity index (χ3n) is 11.8. The van der Waals surface area contributed by atoms with E-state index in [0.717, 1.165) is 33.5 Å². The van der Waals surface area contributed by atoms with E-state index in [1.54, 1.807) is 0 Å². The number of hydrogen-bond acceptors (Lipinski definition) is 2. The number of hydrogen-bond donors (Lipinski definition) is 0. The highest BCUT2D eigenvalue weighted by Gasteiger charge is 2.50. The second-order valence-electron chi connectivity index (χ2n) is 14.5. The summed E-state index contributed by atoms with van der Waals surface area (Å²) in [6.45, 7) is 0. The van der Waals surface area contributed by atoms with Crippen molar-refractivity contribution in [3.05, 3.63) is 210 Å². The number of nitrogens with zero attached hydrogens (tertiary/aromatic N) is 3. The SMILES string of the molecule is c1ccc(-c2cc(-c3ccccc3)nc(-n3c4ccccc4c4c5cccc6c5c(cc43)-c3ccccc3C63c4ccccc4-c4ccccc43)n2)cc1. The molecule has 0 aliphatic heterocycles. The van der Waals surface area contributed by atoms with Crippen LogP contribution in [-0.2, 0) is 5.41 Å². The van der Waals surface area contributed by atoms with E-state index in [9.17, 15) is 0 Å². The Morgan fingerprint density at radius 1 is 0.352 bits per heavy atom. The Kier molecular flexibility index (Phi) is 5.98. The Labute approximate surface area is 312 Å². The molecule has 2 aliphatic carbocycles. The molecule has 0 saturated carbocycles. The fraction of sp³-hybridized carbons (Fsp3) is 0.0196. The van der Waals surface area contributed by atoms with Gasteiger partial charge in [0, 0.05) is 21.9 Å². The minimum absolute atomic E-state index is 0.444. The zero-order valence-corrected chi connectivity index (χ0v) is 29.2. The van der Waals surface area contributed by atoms with Crippen LogP contribution in [0.5, 0.6) is 0 Å². The Bertz CT molecular complexity index is 3050. The van der Waals surface area contributed by atoms with Crippen molar-refractivity contribution in [2.75, 3.05) is 0 Å². The van der Waals surface area contributed by atoms with Crippen LogP contribution in [0, 0.1) is 0 Å². The molecule has 2 aliphatic rings. The zero-order chi connectivity index (χ0) is 35.4. The van der Waals surface area contributed by atoms with Crippen molar-refractivity contribution in [2.45, 2.75) is 5.41 Å². The van der Waals surface area contributed by atoms with Crippen molar-refractivity contribution in [1.29, 1.82) is 0 Å². The van der Waals surface area contributed by atoms with Crippen LogP contribution in [0.1, 0.15) is 22.3 Å². The Balaban J connectivity index is 1.24. The summed E-state index contributed by atoms with van der Waals surface area (Å²) < 4.78 is 2.29. The predicted molar refractivity (Wildman–Crippen MR) is 221 cm³/mol. The Hall–Kier alpha value is -7.10. The minimum Gasteiger partial charge on any atom is -0.278 e. The normalized spacial score (nSPS) is 13.3. The van der Waals surface area contributed by atoms with E-state index in [-0.39, 0.29) is 0 Å². The van der Waals surface area contributed by atoms with Gasteiger partial charge in [-0.2, -0.15) is 0 Å². The van der Waals surface area contributed by atoms with Gasteiger partial charge in [-0.3, -0.25) is 4.57 Å². The maximum Gasteiger partial charge on any atom is 0.235 e. The molecule has 1 spiro atoms. The van der Waals surface area contributed by atoms with Gasteiger partial charge in [-0.05, 0) is 73.5 Å². The standard InChI is InChI=1S/C51H31N3/c1-3-16-32(17-4-1)44-31-45(33-18-5-2-6-19-33)53-50(52-44)54-46-29-14-10-23-37(46)49-38-24-15-28-43-48(38)39(30-47(49)54)36-22-9-13-27-42(36)51(43)40-25-11-7-20-34(40)35-21-8-12-26-41(35)51/h1-31H. The van der Waals surface area contributed by atoms with E-state index in [1.807, 2.05) is 12.1 Å². The maximum atomic E-state index is 5.34. The third kappa shape index (κ3) is 3.80. The summed E-state index contributed by atoms with van der Waals surface area (Å²) in [5.74, 6) is 0.656. The molecule has 3 heteroatoms. The van der Waals surface area contributed by atoms with Gasteiger partial charge in [0.15, 0.2) is 0 Å². The first kappa shape index (κ1) is 29.5. The first-order chi connectivity index (χ1) is 26.8. The van der Waals surface area contributed by atoms with Crippen molar-refractivity contribution in [3.63, 3.8) is 0 Å². The van der Waals surface area contributed by atoms with Gasteiger partial charge < -0.3 is 0 Å². The molecule has 8 aromatic carbocycles. The first-order valence-electron chi connectivity index (χ1n) is 18.6. The number of fused-ring (bicyclic) bond motifs is 13. The molecule has 0 unspecified atom stereocenters. The van der Waals surface area contributed by atoms with Crippen LogP contribution >= 0.6 is 0 Å². The molecule has 0 fully saturated rings. The minimum atomic E-state index is -0.444. The second kappa shape index (κ2) is 11.0. The number of rotatable bonds is 3. The highest BCUT2D eigenvalue weighted by molar-refractivity contribution is 6.26. The van der Waals surface area contributed by atoms with Crippen molar-refractivity contribution in [1.82, 2.24) is 14.5 Å². The van der Waals surface area contributed by atoms with Crippen molar-refractivity contribution < 1.29 is 0 Å². The first-order valence-corrected chi connectivity index (χ1v) is 18.6. The zero-order valence-electron chi connectivity index (χ0n) is 29.2. The molecular formula is C51H31N3. The van der Waals surface area contributed by atoms with Gasteiger partial charge >= 0.3 is 0 Å². The van der Waals surface area contributed by atoms with Crippen molar-refractivity contribution in [3.8, 4) is 50.7 Å². The third-order valence-corrected chi connectivity index (χ3v) is 11.8. The summed E-state index contributed by atoms with van der Waals surface area (Å²) in [5.41, 5.74) is 16.1. The summed E-state index contributed by atoms with van der Waals surface area (Å²) in [7, 11) is 0. The number of para-hydroxylation sites is 1. The van der Waals surface area contributed by atoms with Gasteiger partial charge in [0.25, 0.3) is 0 Å². The molecule has 54 heavy (non-hydrogen) atoms. The molecule has 0 amide bonds. The molecule has 3 nitrogen and oxygen atoms in total. The lowest BCUT2D eigenvalue weighted by Crippen LogP contribution is -2.31. The molecule has 12 rings (SSSR count). The van der Waals surface area contributed by atoms with Crippen LogP contribution in [0.3, 0.4) is 0 Å². The van der Waals surface area contributed by atoms with E-state index in [2.05, 4.69) is 180 Å². The lowest BCUT2D eigenvalue weighted by Gasteiger charge is -2.40. The van der Waals surface area contributed by atoms with E-state index < -0.39 is 5.41 Å². The quantitative estimate of drug-likeness (QED) is 0.185. The smallest absolute Gasteiger partial charge is 0.235 e. The summed E-state index contributed by atoms with van der Waals surface area (Å²) in [6.07, 6.45) is 0. The van der Waals surface area contributed by atoms with Crippen LogP contribution in [0.4, 0.5) is 0 Å². The summed E-state index contributed by atoms with van der Waals surface area (Å²) >= 11 is 0. The van der Waals surface area contributed by atoms with Crippen LogP contribution in [0.15, 0.2) is 188 Å². The largest absolute Gasteiger partial charge is 0.278 e. The maximum absolute atomic E-state index is 5.34. The van der Waals surface area contributed by atoms with Crippen LogP contribution < -0.4 is 0 Å². The summed E-state index contributed by atoms with van der Waals surface area (Å²) in [6, 6.07) is 68.2. The lowest BCUT2D eigenvalue weighted by molar-refractivity contribution is 0.773. The van der Waals surface area contributed by atoms with Gasteiger partial charge in [-0.25, -0.2) is 9.97 Å². The predicted octanol–water partition coefficient (Wildman–Crippen LogP) is 12.4. The van der Waals surface area contributed by atoms with Crippen LogP contribution in [0.25, 0.3) is 83.3 Å². The fourth-order valence-corrected chi connectivity index (χ4v) is 9.73. The van der Waals surface area contributed by atoms with Crippen LogP contribution in [-0.4, -0.2) is 14.5 Å². The average molecular weight is 686 g/mol. The van der Waals surface area contributed by atoms with Crippen molar-refractivity contribution in [2.24, 2.45) is 0 Å². The van der Waals surface area contributed by atoms with E-state index in [4.69, 9.17) is 9.97 Å². The molecule has 2 aromatic heterocycles. The molecule has 0 bridgehead atoms. The Morgan fingerprint density at radius 3 is 1.44 bits per heavy atom. The number of benzene rings is 8. The molecule has 2 heterocycles. The van der Waals surface area contributed by atoms with E-state index >= 15 is 0 Å². The molecule has 0 radical (unpaired) electrons.